The van der Waals surface area contributed by atoms with Crippen LogP contribution in [0.3, 0.4) is 0 Å². The molecule has 1 aliphatic rings. The molecule has 1 atom stereocenters. The van der Waals surface area contributed by atoms with E-state index in [1.54, 1.807) is 7.11 Å². The maximum Gasteiger partial charge on any atom is 0.123 e. The molecule has 4 nitrogen and oxygen atoms in total. The van der Waals surface area contributed by atoms with Crippen LogP contribution >= 0.6 is 0 Å². The van der Waals surface area contributed by atoms with Crippen molar-refractivity contribution in [3.05, 3.63) is 29.3 Å². The van der Waals surface area contributed by atoms with Crippen LogP contribution in [-0.4, -0.2) is 45.4 Å². The van der Waals surface area contributed by atoms with Gasteiger partial charge in [-0.3, -0.25) is 0 Å². The smallest absolute Gasteiger partial charge is 0.123 e. The summed E-state index contributed by atoms with van der Waals surface area (Å²) in [4.78, 5) is 2.22. The fourth-order valence-corrected chi connectivity index (χ4v) is 2.42. The van der Waals surface area contributed by atoms with Gasteiger partial charge in [0, 0.05) is 31.3 Å². The molecule has 2 N–H and O–H groups in total. The van der Waals surface area contributed by atoms with Crippen molar-refractivity contribution in [3.8, 4) is 5.75 Å². The van der Waals surface area contributed by atoms with Crippen LogP contribution in [0.25, 0.3) is 0 Å². The monoisotopic (exact) mass is 292 g/mol. The average Bonchev–Trinajstić information content (AvgIpc) is 3.27. The van der Waals surface area contributed by atoms with E-state index in [-0.39, 0.29) is 6.04 Å². The molecule has 1 saturated carbocycles. The number of nitrogens with zero attached hydrogens (tertiary/aromatic N) is 1. The Hall–Kier alpha value is -1.10. The first kappa shape index (κ1) is 16.3. The Morgan fingerprint density at radius 1 is 1.38 bits per heavy atom. The Labute approximate surface area is 128 Å². The molecular weight excluding hydrogens is 264 g/mol. The van der Waals surface area contributed by atoms with Gasteiger partial charge in [0.1, 0.15) is 5.75 Å². The summed E-state index contributed by atoms with van der Waals surface area (Å²) < 4.78 is 11.1. The van der Waals surface area contributed by atoms with Crippen LogP contribution in [0.5, 0.6) is 5.75 Å². The lowest BCUT2D eigenvalue weighted by Gasteiger charge is -2.23. The van der Waals surface area contributed by atoms with Crippen molar-refractivity contribution in [3.63, 3.8) is 0 Å². The quantitative estimate of drug-likeness (QED) is 0.710. The van der Waals surface area contributed by atoms with Crippen LogP contribution in [0.4, 0.5) is 0 Å². The second-order valence-electron chi connectivity index (χ2n) is 6.13. The predicted molar refractivity (Wildman–Crippen MR) is 85.7 cm³/mol. The fraction of sp³-hybridized carbons (Fsp3) is 0.647. The van der Waals surface area contributed by atoms with Crippen molar-refractivity contribution >= 4 is 0 Å². The zero-order chi connectivity index (χ0) is 15.2. The van der Waals surface area contributed by atoms with Crippen molar-refractivity contribution in [2.45, 2.75) is 25.8 Å². The van der Waals surface area contributed by atoms with E-state index in [9.17, 15) is 0 Å². The highest BCUT2D eigenvalue weighted by Gasteiger charge is 2.21. The van der Waals surface area contributed by atoms with Gasteiger partial charge >= 0.3 is 0 Å². The number of aryl methyl sites for hydroxylation is 1. The van der Waals surface area contributed by atoms with Gasteiger partial charge in [0.25, 0.3) is 0 Å². The maximum absolute atomic E-state index is 6.34. The highest BCUT2D eigenvalue weighted by Crippen LogP contribution is 2.28. The molecule has 0 spiro atoms. The first-order valence-corrected chi connectivity index (χ1v) is 7.76. The van der Waals surface area contributed by atoms with Crippen LogP contribution in [0, 0.1) is 12.8 Å². The minimum atomic E-state index is -0.0479. The Morgan fingerprint density at radius 3 is 2.81 bits per heavy atom. The molecule has 4 heteroatoms. The molecule has 0 aliphatic heterocycles. The molecule has 0 amide bonds. The number of hydrogen-bond acceptors (Lipinski definition) is 4. The summed E-state index contributed by atoms with van der Waals surface area (Å²) in [6, 6.07) is 6.10. The number of hydrogen-bond donors (Lipinski definition) is 1. The highest BCUT2D eigenvalue weighted by atomic mass is 16.5. The van der Waals surface area contributed by atoms with Gasteiger partial charge in [0.2, 0.25) is 0 Å². The second-order valence-corrected chi connectivity index (χ2v) is 6.13. The van der Waals surface area contributed by atoms with Crippen molar-refractivity contribution in [2.24, 2.45) is 11.7 Å². The van der Waals surface area contributed by atoms with Crippen molar-refractivity contribution < 1.29 is 9.47 Å². The van der Waals surface area contributed by atoms with Gasteiger partial charge in [0.15, 0.2) is 0 Å². The topological polar surface area (TPSA) is 47.7 Å². The summed E-state index contributed by atoms with van der Waals surface area (Å²) in [6.07, 6.45) is 2.68. The van der Waals surface area contributed by atoms with Gasteiger partial charge in [-0.2, -0.15) is 0 Å². The summed E-state index contributed by atoms with van der Waals surface area (Å²) in [5.41, 5.74) is 8.62. The first-order valence-electron chi connectivity index (χ1n) is 7.76. The number of methoxy groups -OCH3 is 1. The molecule has 0 heterocycles. The molecule has 21 heavy (non-hydrogen) atoms. The van der Waals surface area contributed by atoms with Gasteiger partial charge in [0.05, 0.1) is 13.7 Å². The minimum Gasteiger partial charge on any atom is -0.496 e. The molecule has 1 aliphatic carbocycles. The number of ether oxygens (including phenoxy) is 2. The summed E-state index contributed by atoms with van der Waals surface area (Å²) in [6.45, 7) is 5.49. The number of likely N-dealkylation sites (N-methyl/N-ethyl adjacent to an activating group) is 1. The van der Waals surface area contributed by atoms with E-state index < -0.39 is 0 Å². The molecule has 0 bridgehead atoms. The van der Waals surface area contributed by atoms with Crippen LogP contribution in [-0.2, 0) is 4.74 Å². The van der Waals surface area contributed by atoms with Gasteiger partial charge in [-0.25, -0.2) is 0 Å². The summed E-state index contributed by atoms with van der Waals surface area (Å²) in [7, 11) is 3.78. The fourth-order valence-electron chi connectivity index (χ4n) is 2.42. The van der Waals surface area contributed by atoms with E-state index in [0.29, 0.717) is 0 Å². The lowest BCUT2D eigenvalue weighted by molar-refractivity contribution is 0.102. The minimum absolute atomic E-state index is 0.0479. The molecular formula is C17H28N2O2. The Kier molecular flexibility index (Phi) is 6.03. The maximum atomic E-state index is 6.34. The van der Waals surface area contributed by atoms with Crippen LogP contribution in [0.15, 0.2) is 18.2 Å². The molecule has 1 aromatic rings. The van der Waals surface area contributed by atoms with Gasteiger partial charge < -0.3 is 20.1 Å². The molecule has 2 rings (SSSR count). The third-order valence-corrected chi connectivity index (χ3v) is 3.96. The Balaban J connectivity index is 1.78. The van der Waals surface area contributed by atoms with Crippen LogP contribution in [0.1, 0.15) is 30.0 Å². The SMILES string of the molecule is COc1ccc(C)cc1C(N)CN(C)CCOCC1CC1. The molecule has 0 radical (unpaired) electrons. The van der Waals surface area contributed by atoms with Gasteiger partial charge in [-0.1, -0.05) is 17.7 Å². The average molecular weight is 292 g/mol. The molecule has 1 fully saturated rings. The zero-order valence-electron chi connectivity index (χ0n) is 13.5. The van der Waals surface area contributed by atoms with Crippen molar-refractivity contribution in [1.82, 2.24) is 4.90 Å². The largest absolute Gasteiger partial charge is 0.496 e. The lowest BCUT2D eigenvalue weighted by Crippen LogP contribution is -2.32. The Morgan fingerprint density at radius 2 is 2.14 bits per heavy atom. The predicted octanol–water partition coefficient (Wildman–Crippen LogP) is 2.36. The van der Waals surface area contributed by atoms with Crippen molar-refractivity contribution in [2.75, 3.05) is 40.5 Å². The molecule has 1 unspecified atom stereocenters. The number of benzene rings is 1. The van der Waals surface area contributed by atoms with Gasteiger partial charge in [-0.15, -0.1) is 0 Å². The summed E-state index contributed by atoms with van der Waals surface area (Å²) in [5, 5.41) is 0. The van der Waals surface area contributed by atoms with E-state index in [4.69, 9.17) is 15.2 Å². The standard InChI is InChI=1S/C17H28N2O2/c1-13-4-7-17(20-3)15(10-13)16(18)11-19(2)8-9-21-12-14-5-6-14/h4,7,10,14,16H,5-6,8-9,11-12,18H2,1-3H3. The number of nitrogens with two attached hydrogens (primary N) is 1. The zero-order valence-corrected chi connectivity index (χ0v) is 13.5. The van der Waals surface area contributed by atoms with E-state index in [2.05, 4.69) is 24.9 Å². The van der Waals surface area contributed by atoms with Gasteiger partial charge in [-0.05, 0) is 38.8 Å². The third kappa shape index (κ3) is 5.30. The van der Waals surface area contributed by atoms with Crippen molar-refractivity contribution in [1.29, 1.82) is 0 Å². The third-order valence-electron chi connectivity index (χ3n) is 3.96. The van der Waals surface area contributed by atoms with E-state index in [0.717, 1.165) is 43.5 Å². The molecule has 0 saturated heterocycles. The number of rotatable bonds is 9. The summed E-state index contributed by atoms with van der Waals surface area (Å²) >= 11 is 0. The van der Waals surface area contributed by atoms with E-state index >= 15 is 0 Å². The van der Waals surface area contributed by atoms with Crippen LogP contribution < -0.4 is 10.5 Å². The molecule has 1 aromatic carbocycles. The normalized spacial score (nSPS) is 16.2. The van der Waals surface area contributed by atoms with Crippen LogP contribution in [0.2, 0.25) is 0 Å². The Bertz CT molecular complexity index is 446. The molecule has 118 valence electrons. The lowest BCUT2D eigenvalue weighted by atomic mass is 10.0. The van der Waals surface area contributed by atoms with E-state index in [1.165, 1.54) is 18.4 Å². The molecule has 0 aromatic heterocycles. The first-order chi connectivity index (χ1) is 10.1. The summed E-state index contributed by atoms with van der Waals surface area (Å²) in [5.74, 6) is 1.70. The van der Waals surface area contributed by atoms with E-state index in [1.807, 2.05) is 12.1 Å². The second kappa shape index (κ2) is 7.78. The highest BCUT2D eigenvalue weighted by molar-refractivity contribution is 5.39.